The van der Waals surface area contributed by atoms with Crippen molar-refractivity contribution in [2.75, 3.05) is 4.90 Å². The highest BCUT2D eigenvalue weighted by Crippen LogP contribution is 2.69. The molecule has 5 aliphatic rings. The summed E-state index contributed by atoms with van der Waals surface area (Å²) in [6, 6.07) is 43.7. The molecule has 4 saturated carbocycles. The third-order valence-corrected chi connectivity index (χ3v) is 12.6. The maximum absolute atomic E-state index is 2.62. The second kappa shape index (κ2) is 8.58. The molecule has 42 heavy (non-hydrogen) atoms. The van der Waals surface area contributed by atoms with Crippen molar-refractivity contribution >= 4 is 48.6 Å². The van der Waals surface area contributed by atoms with Crippen LogP contribution in [-0.4, -0.2) is 0 Å². The minimum atomic E-state index is 0.165. The zero-order valence-corrected chi connectivity index (χ0v) is 24.5. The number of thiophene rings is 1. The highest BCUT2D eigenvalue weighted by molar-refractivity contribution is 7.26. The van der Waals surface area contributed by atoms with Gasteiger partial charge in [-0.05, 0) is 120 Å². The SMILES string of the molecule is c1ccc(N(c2ccc3c(c2)C2(c4ccccc4-3)C3CC4CC(C3)CC2C4)c2cccc3sc4ccccc4c23)cc1. The molecule has 1 heterocycles. The van der Waals surface area contributed by atoms with Crippen LogP contribution in [0.15, 0.2) is 115 Å². The molecule has 4 bridgehead atoms. The molecule has 5 aliphatic carbocycles. The summed E-state index contributed by atoms with van der Waals surface area (Å²) in [6.45, 7) is 0. The molecule has 11 rings (SSSR count). The van der Waals surface area contributed by atoms with E-state index in [-0.39, 0.29) is 5.41 Å². The Bertz CT molecular complexity index is 1990. The maximum atomic E-state index is 2.62. The normalized spacial score (nSPS) is 26.7. The zero-order chi connectivity index (χ0) is 27.4. The van der Waals surface area contributed by atoms with E-state index in [9.17, 15) is 0 Å². The zero-order valence-electron chi connectivity index (χ0n) is 23.7. The van der Waals surface area contributed by atoms with Gasteiger partial charge in [0.25, 0.3) is 0 Å². The molecule has 1 spiro atoms. The third-order valence-electron chi connectivity index (χ3n) is 11.4. The van der Waals surface area contributed by atoms with Crippen molar-refractivity contribution in [2.24, 2.45) is 23.7 Å². The molecule has 1 aromatic heterocycles. The van der Waals surface area contributed by atoms with Crippen molar-refractivity contribution < 1.29 is 0 Å². The fourth-order valence-corrected chi connectivity index (χ4v) is 11.4. The molecule has 0 atom stereocenters. The smallest absolute Gasteiger partial charge is 0.0554 e. The molecule has 1 nitrogen and oxygen atoms in total. The molecule has 204 valence electrons. The van der Waals surface area contributed by atoms with Crippen LogP contribution in [0.2, 0.25) is 0 Å². The van der Waals surface area contributed by atoms with Crippen LogP contribution in [0.25, 0.3) is 31.3 Å². The Hall–Kier alpha value is -3.88. The molecule has 5 aromatic carbocycles. The first-order chi connectivity index (χ1) is 20.8. The number of rotatable bonds is 3. The van der Waals surface area contributed by atoms with E-state index in [0.717, 1.165) is 23.7 Å². The minimum absolute atomic E-state index is 0.165. The lowest BCUT2D eigenvalue weighted by Gasteiger charge is -2.61. The highest BCUT2D eigenvalue weighted by Gasteiger charge is 2.61. The Kier molecular flexibility index (Phi) is 4.83. The Balaban J connectivity index is 1.24. The van der Waals surface area contributed by atoms with Crippen molar-refractivity contribution in [1.29, 1.82) is 0 Å². The van der Waals surface area contributed by atoms with Crippen LogP contribution in [-0.2, 0) is 5.41 Å². The van der Waals surface area contributed by atoms with Crippen LogP contribution in [0.5, 0.6) is 0 Å². The van der Waals surface area contributed by atoms with E-state index in [4.69, 9.17) is 0 Å². The van der Waals surface area contributed by atoms with Gasteiger partial charge in [0, 0.05) is 37.0 Å². The lowest BCUT2D eigenvalue weighted by atomic mass is 9.43. The van der Waals surface area contributed by atoms with Gasteiger partial charge in [-0.15, -0.1) is 11.3 Å². The number of fused-ring (bicyclic) bond motifs is 6. The van der Waals surface area contributed by atoms with Gasteiger partial charge in [-0.25, -0.2) is 0 Å². The Morgan fingerprint density at radius 1 is 0.548 bits per heavy atom. The van der Waals surface area contributed by atoms with E-state index in [1.165, 1.54) is 80.5 Å². The number of nitrogens with zero attached hydrogens (tertiary/aromatic N) is 1. The Morgan fingerprint density at radius 2 is 1.24 bits per heavy atom. The quantitative estimate of drug-likeness (QED) is 0.208. The van der Waals surface area contributed by atoms with Gasteiger partial charge >= 0.3 is 0 Å². The topological polar surface area (TPSA) is 3.24 Å². The largest absolute Gasteiger partial charge is 0.310 e. The van der Waals surface area contributed by atoms with E-state index in [1.54, 1.807) is 11.1 Å². The first-order valence-electron chi connectivity index (χ1n) is 15.8. The molecule has 0 N–H and O–H groups in total. The highest BCUT2D eigenvalue weighted by atomic mass is 32.1. The van der Waals surface area contributed by atoms with E-state index in [2.05, 4.69) is 120 Å². The van der Waals surface area contributed by atoms with Crippen molar-refractivity contribution in [2.45, 2.75) is 37.5 Å². The van der Waals surface area contributed by atoms with Crippen LogP contribution in [0.4, 0.5) is 17.1 Å². The van der Waals surface area contributed by atoms with E-state index in [0.29, 0.717) is 0 Å². The Morgan fingerprint density at radius 3 is 2.07 bits per heavy atom. The summed E-state index contributed by atoms with van der Waals surface area (Å²) < 4.78 is 2.70. The maximum Gasteiger partial charge on any atom is 0.0554 e. The monoisotopic (exact) mass is 559 g/mol. The second-order valence-corrected chi connectivity index (χ2v) is 14.5. The van der Waals surface area contributed by atoms with E-state index < -0.39 is 0 Å². The van der Waals surface area contributed by atoms with Crippen molar-refractivity contribution in [3.63, 3.8) is 0 Å². The number of para-hydroxylation sites is 1. The summed E-state index contributed by atoms with van der Waals surface area (Å²) in [5.74, 6) is 3.42. The van der Waals surface area contributed by atoms with E-state index in [1.807, 2.05) is 11.3 Å². The van der Waals surface area contributed by atoms with Crippen molar-refractivity contribution in [3.8, 4) is 11.1 Å². The Labute approximate surface area is 251 Å². The van der Waals surface area contributed by atoms with Crippen LogP contribution >= 0.6 is 11.3 Å². The number of hydrogen-bond acceptors (Lipinski definition) is 2. The fraction of sp³-hybridized carbons (Fsp3) is 0.250. The van der Waals surface area contributed by atoms with Crippen LogP contribution in [0.1, 0.15) is 43.2 Å². The lowest BCUT2D eigenvalue weighted by Crippen LogP contribution is -2.55. The first kappa shape index (κ1) is 23.7. The number of anilines is 3. The molecule has 0 aliphatic heterocycles. The van der Waals surface area contributed by atoms with Crippen molar-refractivity contribution in [1.82, 2.24) is 0 Å². The summed E-state index contributed by atoms with van der Waals surface area (Å²) in [4.78, 5) is 2.54. The molecule has 0 amide bonds. The average molecular weight is 560 g/mol. The summed E-state index contributed by atoms with van der Waals surface area (Å²) in [7, 11) is 0. The fourth-order valence-electron chi connectivity index (χ4n) is 10.2. The van der Waals surface area contributed by atoms with Gasteiger partial charge in [-0.3, -0.25) is 0 Å². The third kappa shape index (κ3) is 3.04. The molecule has 0 unspecified atom stereocenters. The van der Waals surface area contributed by atoms with Gasteiger partial charge in [0.05, 0.1) is 5.69 Å². The van der Waals surface area contributed by atoms with Gasteiger partial charge in [0.15, 0.2) is 0 Å². The number of hydrogen-bond donors (Lipinski definition) is 0. The lowest BCUT2D eigenvalue weighted by molar-refractivity contribution is -0.0399. The van der Waals surface area contributed by atoms with Gasteiger partial charge in [0.1, 0.15) is 0 Å². The van der Waals surface area contributed by atoms with Crippen molar-refractivity contribution in [3.05, 3.63) is 126 Å². The molecule has 0 saturated heterocycles. The minimum Gasteiger partial charge on any atom is -0.310 e. The van der Waals surface area contributed by atoms with Gasteiger partial charge < -0.3 is 4.90 Å². The summed E-state index contributed by atoms with van der Waals surface area (Å²) in [5.41, 5.74) is 10.1. The van der Waals surface area contributed by atoms with Crippen LogP contribution in [0, 0.1) is 23.7 Å². The summed E-state index contributed by atoms with van der Waals surface area (Å²) in [6.07, 6.45) is 7.13. The molecular weight excluding hydrogens is 527 g/mol. The first-order valence-corrected chi connectivity index (χ1v) is 16.6. The van der Waals surface area contributed by atoms with Gasteiger partial charge in [-0.1, -0.05) is 72.8 Å². The molecule has 2 heteroatoms. The average Bonchev–Trinajstić information content (AvgIpc) is 3.55. The second-order valence-electron chi connectivity index (χ2n) is 13.4. The predicted molar refractivity (Wildman–Crippen MR) is 177 cm³/mol. The van der Waals surface area contributed by atoms with Crippen LogP contribution in [0.3, 0.4) is 0 Å². The summed E-state index contributed by atoms with van der Waals surface area (Å²) in [5, 5.41) is 2.70. The standard InChI is InChI=1S/C40H33NS/c1-2-9-29(10-3-1)41(36-14-8-16-38-39(36)33-12-5-7-15-37(33)42-38)30-17-18-32-31-11-4-6-13-34(31)40(35(32)24-30)27-20-25-19-26(22-27)23-28(40)21-25/h1-18,24-28H,19-23H2. The van der Waals surface area contributed by atoms with Gasteiger partial charge in [-0.2, -0.15) is 0 Å². The van der Waals surface area contributed by atoms with Crippen LogP contribution < -0.4 is 4.90 Å². The molecule has 6 aromatic rings. The molecular formula is C40H33NS. The predicted octanol–water partition coefficient (Wildman–Crippen LogP) is 11.2. The summed E-state index contributed by atoms with van der Waals surface area (Å²) >= 11 is 1.90. The molecule has 4 fully saturated rings. The number of benzene rings is 5. The van der Waals surface area contributed by atoms with E-state index >= 15 is 0 Å². The van der Waals surface area contributed by atoms with Gasteiger partial charge in [0.2, 0.25) is 0 Å². The molecule has 0 radical (unpaired) electrons.